The lowest BCUT2D eigenvalue weighted by atomic mass is 10.3. The second kappa shape index (κ2) is 12.8. The fourth-order valence-electron chi connectivity index (χ4n) is 1.08. The van der Waals surface area contributed by atoms with Crippen LogP contribution in [0.5, 0.6) is 0 Å². The van der Waals surface area contributed by atoms with Gasteiger partial charge in [-0.2, -0.15) is 11.8 Å². The normalized spacial score (nSPS) is 10.4. The van der Waals surface area contributed by atoms with Crippen LogP contribution in [0, 0.1) is 0 Å². The van der Waals surface area contributed by atoms with Crippen LogP contribution in [0.25, 0.3) is 0 Å². The molecule has 0 radical (unpaired) electrons. The summed E-state index contributed by atoms with van der Waals surface area (Å²) >= 11 is 1.80. The van der Waals surface area contributed by atoms with E-state index in [-0.39, 0.29) is 12.5 Å². The van der Waals surface area contributed by atoms with E-state index in [0.29, 0.717) is 6.54 Å². The van der Waals surface area contributed by atoms with E-state index in [4.69, 9.17) is 5.11 Å². The molecule has 1 amide bonds. The number of rotatable bonds is 11. The van der Waals surface area contributed by atoms with Crippen molar-refractivity contribution in [2.75, 3.05) is 37.7 Å². The average Bonchev–Trinajstić information content (AvgIpc) is 2.28. The summed E-state index contributed by atoms with van der Waals surface area (Å²) in [6, 6.07) is 0. The molecule has 0 fully saturated rings. The van der Waals surface area contributed by atoms with Crippen molar-refractivity contribution >= 4 is 17.7 Å². The number of hydrogen-bond acceptors (Lipinski definition) is 4. The van der Waals surface area contributed by atoms with E-state index in [9.17, 15) is 4.79 Å². The first-order valence-electron chi connectivity index (χ1n) is 5.97. The first-order chi connectivity index (χ1) is 7.81. The predicted octanol–water partition coefficient (Wildman–Crippen LogP) is 0.608. The third kappa shape index (κ3) is 11.8. The number of thioether (sulfide) groups is 1. The van der Waals surface area contributed by atoms with Gasteiger partial charge in [0.15, 0.2) is 0 Å². The van der Waals surface area contributed by atoms with E-state index in [1.54, 1.807) is 11.8 Å². The number of carbonyl (C=O) groups excluding carboxylic acids is 1. The summed E-state index contributed by atoms with van der Waals surface area (Å²) in [4.78, 5) is 11.2. The third-order valence-corrected chi connectivity index (χ3v) is 3.08. The number of hydrogen-bond donors (Lipinski definition) is 3. The van der Waals surface area contributed by atoms with Crippen molar-refractivity contribution in [3.63, 3.8) is 0 Å². The van der Waals surface area contributed by atoms with E-state index in [2.05, 4.69) is 17.6 Å². The summed E-state index contributed by atoms with van der Waals surface area (Å²) in [5.74, 6) is 2.05. The summed E-state index contributed by atoms with van der Waals surface area (Å²) in [6.45, 7) is 4.40. The Bertz CT molecular complexity index is 168. The molecule has 0 heterocycles. The number of aliphatic hydroxyl groups is 1. The summed E-state index contributed by atoms with van der Waals surface area (Å²) in [7, 11) is 0. The van der Waals surface area contributed by atoms with Gasteiger partial charge in [-0.15, -0.1) is 0 Å². The molecule has 96 valence electrons. The van der Waals surface area contributed by atoms with Crippen LogP contribution >= 0.6 is 11.8 Å². The van der Waals surface area contributed by atoms with Gasteiger partial charge in [0.05, 0.1) is 6.54 Å². The van der Waals surface area contributed by atoms with E-state index in [1.807, 2.05) is 0 Å². The van der Waals surface area contributed by atoms with Crippen LogP contribution in [-0.4, -0.2) is 48.8 Å². The number of amides is 1. The Morgan fingerprint density at radius 2 is 2.06 bits per heavy atom. The lowest BCUT2D eigenvalue weighted by Gasteiger charge is -2.05. The molecule has 0 saturated carbocycles. The number of nitrogens with one attached hydrogen (secondary N) is 2. The molecule has 0 saturated heterocycles. The van der Waals surface area contributed by atoms with E-state index < -0.39 is 0 Å². The summed E-state index contributed by atoms with van der Waals surface area (Å²) in [6.07, 6.45) is 3.00. The van der Waals surface area contributed by atoms with Crippen LogP contribution in [0.2, 0.25) is 0 Å². The lowest BCUT2D eigenvalue weighted by Crippen LogP contribution is -2.35. The van der Waals surface area contributed by atoms with Gasteiger partial charge in [-0.3, -0.25) is 4.79 Å². The Morgan fingerprint density at radius 1 is 1.25 bits per heavy atom. The second-order valence-electron chi connectivity index (χ2n) is 3.57. The highest BCUT2D eigenvalue weighted by Gasteiger charge is 1.98. The van der Waals surface area contributed by atoms with Crippen molar-refractivity contribution in [3.8, 4) is 0 Å². The Kier molecular flexibility index (Phi) is 12.6. The minimum atomic E-state index is 0.0776. The quantitative estimate of drug-likeness (QED) is 0.469. The van der Waals surface area contributed by atoms with Crippen molar-refractivity contribution in [1.29, 1.82) is 0 Å². The van der Waals surface area contributed by atoms with Crippen molar-refractivity contribution in [2.45, 2.75) is 26.2 Å². The molecule has 0 aliphatic rings. The van der Waals surface area contributed by atoms with Gasteiger partial charge >= 0.3 is 0 Å². The monoisotopic (exact) mass is 248 g/mol. The van der Waals surface area contributed by atoms with Gasteiger partial charge in [-0.05, 0) is 18.6 Å². The van der Waals surface area contributed by atoms with Crippen molar-refractivity contribution in [1.82, 2.24) is 10.6 Å². The Morgan fingerprint density at radius 3 is 2.75 bits per heavy atom. The fraction of sp³-hybridized carbons (Fsp3) is 0.909. The average molecular weight is 248 g/mol. The number of carbonyl (C=O) groups is 1. The van der Waals surface area contributed by atoms with Crippen LogP contribution < -0.4 is 10.6 Å². The zero-order valence-electron chi connectivity index (χ0n) is 10.1. The molecule has 4 nitrogen and oxygen atoms in total. The Hall–Kier alpha value is -0.260. The largest absolute Gasteiger partial charge is 0.396 e. The second-order valence-corrected chi connectivity index (χ2v) is 4.79. The van der Waals surface area contributed by atoms with Gasteiger partial charge in [0.2, 0.25) is 5.91 Å². The van der Waals surface area contributed by atoms with E-state index in [0.717, 1.165) is 43.9 Å². The van der Waals surface area contributed by atoms with Gasteiger partial charge < -0.3 is 15.7 Å². The molecule has 0 bridgehead atoms. The number of unbranched alkanes of at least 4 members (excludes halogenated alkanes) is 1. The Labute approximate surface area is 103 Å². The molecular formula is C11H24N2O2S. The van der Waals surface area contributed by atoms with E-state index >= 15 is 0 Å². The molecule has 0 aromatic carbocycles. The van der Waals surface area contributed by atoms with Crippen LogP contribution in [0.3, 0.4) is 0 Å². The first kappa shape index (κ1) is 15.7. The van der Waals surface area contributed by atoms with Crippen LogP contribution in [0.4, 0.5) is 0 Å². The van der Waals surface area contributed by atoms with Gasteiger partial charge in [0.25, 0.3) is 0 Å². The third-order valence-electron chi connectivity index (χ3n) is 2.01. The molecule has 0 aliphatic heterocycles. The highest BCUT2D eigenvalue weighted by Crippen LogP contribution is 1.99. The Balaban J connectivity index is 3.09. The lowest BCUT2D eigenvalue weighted by molar-refractivity contribution is -0.120. The summed E-state index contributed by atoms with van der Waals surface area (Å²) in [5.41, 5.74) is 0. The van der Waals surface area contributed by atoms with Gasteiger partial charge in [0, 0.05) is 25.4 Å². The van der Waals surface area contributed by atoms with Crippen LogP contribution in [-0.2, 0) is 4.79 Å². The standard InChI is InChI=1S/C11H24N2O2S/c1-2-3-5-13-11(15)10-12-6-9-16-8-4-7-14/h12,14H,2-10H2,1H3,(H,13,15). The van der Waals surface area contributed by atoms with Gasteiger partial charge in [-0.1, -0.05) is 13.3 Å². The first-order valence-corrected chi connectivity index (χ1v) is 7.12. The maximum atomic E-state index is 11.2. The molecule has 0 unspecified atom stereocenters. The number of aliphatic hydroxyl groups excluding tert-OH is 1. The maximum absolute atomic E-state index is 11.2. The molecule has 0 aromatic rings. The topological polar surface area (TPSA) is 61.4 Å². The minimum Gasteiger partial charge on any atom is -0.396 e. The zero-order chi connectivity index (χ0) is 12.1. The molecule has 0 rings (SSSR count). The molecule has 0 atom stereocenters. The highest BCUT2D eigenvalue weighted by atomic mass is 32.2. The molecule has 5 heteroatoms. The van der Waals surface area contributed by atoms with Crippen molar-refractivity contribution < 1.29 is 9.90 Å². The van der Waals surface area contributed by atoms with E-state index in [1.165, 1.54) is 0 Å². The van der Waals surface area contributed by atoms with Gasteiger partial charge in [0.1, 0.15) is 0 Å². The van der Waals surface area contributed by atoms with Crippen LogP contribution in [0.1, 0.15) is 26.2 Å². The fourth-order valence-corrected chi connectivity index (χ4v) is 1.91. The predicted molar refractivity (Wildman–Crippen MR) is 69.8 cm³/mol. The molecule has 0 aliphatic carbocycles. The molecule has 3 N–H and O–H groups in total. The molecule has 16 heavy (non-hydrogen) atoms. The van der Waals surface area contributed by atoms with Crippen molar-refractivity contribution in [3.05, 3.63) is 0 Å². The maximum Gasteiger partial charge on any atom is 0.233 e. The summed E-state index contributed by atoms with van der Waals surface area (Å²) in [5, 5.41) is 14.5. The smallest absolute Gasteiger partial charge is 0.233 e. The van der Waals surface area contributed by atoms with Crippen LogP contribution in [0.15, 0.2) is 0 Å². The van der Waals surface area contributed by atoms with Crippen molar-refractivity contribution in [2.24, 2.45) is 0 Å². The molecular weight excluding hydrogens is 224 g/mol. The molecule has 0 spiro atoms. The molecule has 0 aromatic heterocycles. The zero-order valence-corrected chi connectivity index (χ0v) is 10.9. The SMILES string of the molecule is CCCCNC(=O)CNCCSCCCO. The summed E-state index contributed by atoms with van der Waals surface area (Å²) < 4.78 is 0. The highest BCUT2D eigenvalue weighted by molar-refractivity contribution is 7.99. The van der Waals surface area contributed by atoms with Gasteiger partial charge in [-0.25, -0.2) is 0 Å². The minimum absolute atomic E-state index is 0.0776.